The maximum atomic E-state index is 10.7. The smallest absolute Gasteiger partial charge is 0.272 e. The molecule has 1 N–H and O–H groups in total. The van der Waals surface area contributed by atoms with E-state index in [1.807, 2.05) is 13.8 Å². The molecule has 0 aromatic heterocycles. The van der Waals surface area contributed by atoms with E-state index >= 15 is 0 Å². The highest BCUT2D eigenvalue weighted by molar-refractivity contribution is 5.82. The first-order valence-corrected chi connectivity index (χ1v) is 4.67. The molecule has 0 aliphatic rings. The van der Waals surface area contributed by atoms with Gasteiger partial charge in [0.1, 0.15) is 5.69 Å². The Balaban J connectivity index is 2.90. The second kappa shape index (κ2) is 5.09. The highest BCUT2D eigenvalue weighted by Crippen LogP contribution is 2.22. The van der Waals surface area contributed by atoms with Gasteiger partial charge in [0.05, 0.1) is 4.92 Å². The van der Waals surface area contributed by atoms with Crippen molar-refractivity contribution in [1.29, 1.82) is 0 Å². The molecule has 0 amide bonds. The van der Waals surface area contributed by atoms with E-state index in [0.717, 1.165) is 12.1 Å². The third kappa shape index (κ3) is 3.05. The Hall–Kier alpha value is -1.91. The molecule has 0 saturated heterocycles. The lowest BCUT2D eigenvalue weighted by Crippen LogP contribution is -1.99. The second-order valence-corrected chi connectivity index (χ2v) is 3.09. The topological polar surface area (TPSA) is 67.5 Å². The Bertz CT molecular complexity index is 388. The zero-order chi connectivity index (χ0) is 11.3. The number of para-hydroxylation sites is 2. The maximum Gasteiger partial charge on any atom is 0.294 e. The third-order valence-electron chi connectivity index (χ3n) is 1.98. The van der Waals surface area contributed by atoms with E-state index in [1.165, 1.54) is 6.07 Å². The molecule has 1 rings (SSSR count). The van der Waals surface area contributed by atoms with Crippen molar-refractivity contribution >= 4 is 17.1 Å². The van der Waals surface area contributed by atoms with Crippen LogP contribution in [0.1, 0.15) is 20.3 Å². The molecule has 0 spiro atoms. The quantitative estimate of drug-likeness (QED) is 0.469. The van der Waals surface area contributed by atoms with E-state index < -0.39 is 4.92 Å². The van der Waals surface area contributed by atoms with Gasteiger partial charge in [0.15, 0.2) is 0 Å². The number of nitro benzene ring substituents is 1. The van der Waals surface area contributed by atoms with Crippen molar-refractivity contribution in [1.82, 2.24) is 0 Å². The second-order valence-electron chi connectivity index (χ2n) is 3.09. The van der Waals surface area contributed by atoms with E-state index in [-0.39, 0.29) is 5.69 Å². The minimum Gasteiger partial charge on any atom is -0.272 e. The van der Waals surface area contributed by atoms with Crippen LogP contribution in [0.25, 0.3) is 0 Å². The van der Waals surface area contributed by atoms with E-state index in [0.29, 0.717) is 5.69 Å². The van der Waals surface area contributed by atoms with Crippen molar-refractivity contribution in [3.63, 3.8) is 0 Å². The molecule has 15 heavy (non-hydrogen) atoms. The molecule has 5 heteroatoms. The molecule has 0 radical (unpaired) electrons. The summed E-state index contributed by atoms with van der Waals surface area (Å²) < 4.78 is 0. The van der Waals surface area contributed by atoms with Gasteiger partial charge in [-0.1, -0.05) is 19.1 Å². The summed E-state index contributed by atoms with van der Waals surface area (Å²) in [6.45, 7) is 3.84. The molecule has 0 aliphatic heterocycles. The molecule has 80 valence electrons. The Morgan fingerprint density at radius 3 is 2.80 bits per heavy atom. The van der Waals surface area contributed by atoms with E-state index in [4.69, 9.17) is 0 Å². The molecular formula is C10H13N3O2. The van der Waals surface area contributed by atoms with E-state index in [9.17, 15) is 10.1 Å². The van der Waals surface area contributed by atoms with Gasteiger partial charge in [-0.25, -0.2) is 0 Å². The van der Waals surface area contributed by atoms with Gasteiger partial charge in [0.2, 0.25) is 0 Å². The lowest BCUT2D eigenvalue weighted by atomic mass is 10.3. The summed E-state index contributed by atoms with van der Waals surface area (Å²) >= 11 is 0. The van der Waals surface area contributed by atoms with Crippen LogP contribution >= 0.6 is 0 Å². The molecule has 5 nitrogen and oxygen atoms in total. The molecule has 0 aliphatic carbocycles. The van der Waals surface area contributed by atoms with Crippen LogP contribution in [0.4, 0.5) is 11.4 Å². The largest absolute Gasteiger partial charge is 0.294 e. The molecule has 1 aromatic rings. The van der Waals surface area contributed by atoms with Crippen LogP contribution in [0.2, 0.25) is 0 Å². The van der Waals surface area contributed by atoms with Crippen LogP contribution in [0.3, 0.4) is 0 Å². The van der Waals surface area contributed by atoms with Crippen molar-refractivity contribution in [3.05, 3.63) is 34.4 Å². The number of benzene rings is 1. The Kier molecular flexibility index (Phi) is 3.79. The van der Waals surface area contributed by atoms with Gasteiger partial charge in [-0.2, -0.15) is 5.10 Å². The Labute approximate surface area is 88.0 Å². The molecular weight excluding hydrogens is 194 g/mol. The molecule has 0 heterocycles. The minimum absolute atomic E-state index is 0.0325. The van der Waals surface area contributed by atoms with Crippen molar-refractivity contribution in [3.8, 4) is 0 Å². The first-order valence-electron chi connectivity index (χ1n) is 4.67. The Morgan fingerprint density at radius 2 is 2.20 bits per heavy atom. The van der Waals surface area contributed by atoms with Crippen LogP contribution in [-0.4, -0.2) is 10.6 Å². The van der Waals surface area contributed by atoms with Crippen LogP contribution in [0.5, 0.6) is 0 Å². The van der Waals surface area contributed by atoms with Crippen molar-refractivity contribution < 1.29 is 4.92 Å². The lowest BCUT2D eigenvalue weighted by Gasteiger charge is -2.02. The van der Waals surface area contributed by atoms with Crippen LogP contribution < -0.4 is 5.43 Å². The average Bonchev–Trinajstić information content (AvgIpc) is 2.26. The standard InChI is InChI=1S/C10H13N3O2/c1-3-8(2)11-12-9-6-4-5-7-10(9)13(14)15/h4-7,12H,3H2,1-2H3/b11-8-. The number of nitrogens with one attached hydrogen (secondary N) is 1. The number of nitro groups is 1. The van der Waals surface area contributed by atoms with Gasteiger partial charge >= 0.3 is 0 Å². The van der Waals surface area contributed by atoms with Gasteiger partial charge in [-0.05, 0) is 19.4 Å². The summed E-state index contributed by atoms with van der Waals surface area (Å²) in [6.07, 6.45) is 0.813. The molecule has 0 atom stereocenters. The fourth-order valence-electron chi connectivity index (χ4n) is 0.962. The highest BCUT2D eigenvalue weighted by Gasteiger charge is 2.10. The highest BCUT2D eigenvalue weighted by atomic mass is 16.6. The first-order chi connectivity index (χ1) is 7.15. The third-order valence-corrected chi connectivity index (χ3v) is 1.98. The fourth-order valence-corrected chi connectivity index (χ4v) is 0.962. The number of anilines is 1. The summed E-state index contributed by atoms with van der Waals surface area (Å²) in [5, 5.41) is 14.7. The van der Waals surface area contributed by atoms with Crippen molar-refractivity contribution in [2.24, 2.45) is 5.10 Å². The van der Waals surface area contributed by atoms with Crippen molar-refractivity contribution in [2.75, 3.05) is 5.43 Å². The van der Waals surface area contributed by atoms with Gasteiger partial charge in [0, 0.05) is 11.8 Å². The monoisotopic (exact) mass is 207 g/mol. The summed E-state index contributed by atoms with van der Waals surface area (Å²) in [7, 11) is 0. The fraction of sp³-hybridized carbons (Fsp3) is 0.300. The van der Waals surface area contributed by atoms with Gasteiger partial charge in [-0.3, -0.25) is 15.5 Å². The predicted molar refractivity (Wildman–Crippen MR) is 60.1 cm³/mol. The number of hydrogen-bond donors (Lipinski definition) is 1. The van der Waals surface area contributed by atoms with E-state index in [2.05, 4.69) is 10.5 Å². The zero-order valence-electron chi connectivity index (χ0n) is 8.73. The molecule has 0 bridgehead atoms. The number of rotatable bonds is 4. The minimum atomic E-state index is -0.431. The summed E-state index contributed by atoms with van der Waals surface area (Å²) in [5.74, 6) is 0. The first kappa shape index (κ1) is 11.2. The molecule has 0 saturated carbocycles. The van der Waals surface area contributed by atoms with E-state index in [1.54, 1.807) is 18.2 Å². The van der Waals surface area contributed by atoms with Gasteiger partial charge in [-0.15, -0.1) is 0 Å². The summed E-state index contributed by atoms with van der Waals surface area (Å²) in [4.78, 5) is 10.2. The SMILES string of the molecule is CC/C(C)=N\Nc1ccccc1[N+](=O)[O-]. The molecule has 0 unspecified atom stereocenters. The number of hydrogen-bond acceptors (Lipinski definition) is 4. The maximum absolute atomic E-state index is 10.7. The van der Waals surface area contributed by atoms with Crippen LogP contribution in [0, 0.1) is 10.1 Å². The van der Waals surface area contributed by atoms with Gasteiger partial charge in [0.25, 0.3) is 5.69 Å². The lowest BCUT2D eigenvalue weighted by molar-refractivity contribution is -0.384. The molecule has 1 aromatic carbocycles. The number of hydrazone groups is 1. The summed E-state index contributed by atoms with van der Waals surface area (Å²) in [6, 6.07) is 6.43. The normalized spacial score (nSPS) is 11.2. The summed E-state index contributed by atoms with van der Waals surface area (Å²) in [5.41, 5.74) is 4.03. The van der Waals surface area contributed by atoms with Crippen molar-refractivity contribution in [2.45, 2.75) is 20.3 Å². The number of nitrogens with zero attached hydrogens (tertiary/aromatic N) is 2. The van der Waals surface area contributed by atoms with Crippen LogP contribution in [0.15, 0.2) is 29.4 Å². The average molecular weight is 207 g/mol. The van der Waals surface area contributed by atoms with Gasteiger partial charge < -0.3 is 0 Å². The zero-order valence-corrected chi connectivity index (χ0v) is 8.73. The Morgan fingerprint density at radius 1 is 1.53 bits per heavy atom. The predicted octanol–water partition coefficient (Wildman–Crippen LogP) is 2.79. The molecule has 0 fully saturated rings. The van der Waals surface area contributed by atoms with Crippen LogP contribution in [-0.2, 0) is 0 Å².